The molecule has 3 atom stereocenters. The third kappa shape index (κ3) is 0.538. The first-order chi connectivity index (χ1) is 5.24. The summed E-state index contributed by atoms with van der Waals surface area (Å²) >= 11 is 0. The van der Waals surface area contributed by atoms with E-state index < -0.39 is 0 Å². The van der Waals surface area contributed by atoms with Crippen molar-refractivity contribution in [2.45, 2.75) is 25.3 Å². The van der Waals surface area contributed by atoms with Crippen molar-refractivity contribution in [3.05, 3.63) is 12.2 Å². The van der Waals surface area contributed by atoms with Crippen LogP contribution >= 0.6 is 0 Å². The normalized spacial score (nSPS) is 52.8. The summed E-state index contributed by atoms with van der Waals surface area (Å²) in [7, 11) is 0. The van der Waals surface area contributed by atoms with Crippen LogP contribution in [-0.2, 0) is 0 Å². The average molecular weight is 149 g/mol. The van der Waals surface area contributed by atoms with Gasteiger partial charge in [0.25, 0.3) is 0 Å². The van der Waals surface area contributed by atoms with Gasteiger partial charge in [-0.25, -0.2) is 0 Å². The van der Waals surface area contributed by atoms with Gasteiger partial charge < -0.3 is 0 Å². The molecule has 2 saturated heterocycles. The smallest absolute Gasteiger partial charge is 0.0260 e. The van der Waals surface area contributed by atoms with Crippen molar-refractivity contribution >= 4 is 0 Å². The van der Waals surface area contributed by atoms with E-state index in [4.69, 9.17) is 0 Å². The molecule has 1 saturated carbocycles. The molecule has 1 heteroatoms. The molecule has 2 aliphatic heterocycles. The summed E-state index contributed by atoms with van der Waals surface area (Å²) in [6.45, 7) is 8.96. The highest BCUT2D eigenvalue weighted by molar-refractivity contribution is 5.28. The molecule has 0 radical (unpaired) electrons. The maximum absolute atomic E-state index is 4.08. The molecule has 2 heterocycles. The number of hydrogen-bond donors (Lipinski definition) is 0. The fourth-order valence-corrected chi connectivity index (χ4v) is 3.18. The highest BCUT2D eigenvalue weighted by atomic mass is 15.3. The summed E-state index contributed by atoms with van der Waals surface area (Å²) in [5, 5.41) is 0. The standard InChI is InChI=1S/C10H15N/c1-7(2)8-6-11-4-3-10(11)5-9(8)10/h8-9H,1,3-6H2,2H3. The Hall–Kier alpha value is -0.300. The van der Waals surface area contributed by atoms with Gasteiger partial charge in [-0.15, -0.1) is 0 Å². The van der Waals surface area contributed by atoms with Crippen LogP contribution in [-0.4, -0.2) is 23.5 Å². The van der Waals surface area contributed by atoms with Gasteiger partial charge in [0.2, 0.25) is 0 Å². The summed E-state index contributed by atoms with van der Waals surface area (Å²) in [6, 6.07) is 0. The van der Waals surface area contributed by atoms with Crippen LogP contribution < -0.4 is 0 Å². The van der Waals surface area contributed by atoms with E-state index in [1.807, 2.05) is 0 Å². The second kappa shape index (κ2) is 1.56. The fraction of sp³-hybridized carbons (Fsp3) is 0.800. The molecule has 11 heavy (non-hydrogen) atoms. The van der Waals surface area contributed by atoms with Gasteiger partial charge >= 0.3 is 0 Å². The molecule has 0 aromatic rings. The van der Waals surface area contributed by atoms with E-state index in [9.17, 15) is 0 Å². The van der Waals surface area contributed by atoms with E-state index in [0.29, 0.717) is 0 Å². The largest absolute Gasteiger partial charge is 0.297 e. The van der Waals surface area contributed by atoms with Crippen molar-refractivity contribution in [1.29, 1.82) is 0 Å². The highest BCUT2D eigenvalue weighted by Gasteiger charge is 2.69. The van der Waals surface area contributed by atoms with Gasteiger partial charge in [0, 0.05) is 18.6 Å². The lowest BCUT2D eigenvalue weighted by molar-refractivity contribution is 0.0947. The topological polar surface area (TPSA) is 3.24 Å². The van der Waals surface area contributed by atoms with Crippen LogP contribution in [0.3, 0.4) is 0 Å². The van der Waals surface area contributed by atoms with Crippen molar-refractivity contribution in [3.63, 3.8) is 0 Å². The lowest BCUT2D eigenvalue weighted by atomic mass is 9.97. The molecule has 0 amide bonds. The third-order valence-corrected chi connectivity index (χ3v) is 4.08. The first kappa shape index (κ1) is 6.24. The summed E-state index contributed by atoms with van der Waals surface area (Å²) in [5.41, 5.74) is 2.14. The highest BCUT2D eigenvalue weighted by Crippen LogP contribution is 2.65. The molecule has 0 aromatic heterocycles. The Morgan fingerprint density at radius 2 is 2.45 bits per heavy atom. The summed E-state index contributed by atoms with van der Waals surface area (Å²) < 4.78 is 0. The minimum atomic E-state index is 0.726. The molecule has 3 fully saturated rings. The zero-order valence-electron chi connectivity index (χ0n) is 7.14. The SMILES string of the molecule is C=C(C)C1CN2CCC23CC13. The quantitative estimate of drug-likeness (QED) is 0.512. The Balaban J connectivity index is 1.88. The van der Waals surface area contributed by atoms with Gasteiger partial charge in [0.1, 0.15) is 0 Å². The second-order valence-electron chi connectivity index (χ2n) is 4.56. The Labute approximate surface area is 68.1 Å². The summed E-state index contributed by atoms with van der Waals surface area (Å²) in [6.07, 6.45) is 2.95. The minimum absolute atomic E-state index is 0.726. The van der Waals surface area contributed by atoms with Gasteiger partial charge in [0.15, 0.2) is 0 Å². The van der Waals surface area contributed by atoms with Gasteiger partial charge in [-0.2, -0.15) is 0 Å². The van der Waals surface area contributed by atoms with Gasteiger partial charge in [-0.1, -0.05) is 12.2 Å². The summed E-state index contributed by atoms with van der Waals surface area (Å²) in [4.78, 5) is 2.68. The lowest BCUT2D eigenvalue weighted by Gasteiger charge is -2.38. The lowest BCUT2D eigenvalue weighted by Crippen LogP contribution is -2.47. The van der Waals surface area contributed by atoms with Crippen LogP contribution in [0.4, 0.5) is 0 Å². The number of nitrogens with zero attached hydrogens (tertiary/aromatic N) is 1. The Morgan fingerprint density at radius 1 is 1.64 bits per heavy atom. The Bertz CT molecular complexity index is 233. The van der Waals surface area contributed by atoms with Crippen LogP contribution in [0.5, 0.6) is 0 Å². The van der Waals surface area contributed by atoms with E-state index in [1.54, 1.807) is 0 Å². The van der Waals surface area contributed by atoms with E-state index in [1.165, 1.54) is 31.5 Å². The molecule has 0 aromatic carbocycles. The van der Waals surface area contributed by atoms with E-state index >= 15 is 0 Å². The van der Waals surface area contributed by atoms with E-state index in [2.05, 4.69) is 18.4 Å². The predicted octanol–water partition coefficient (Wildman–Crippen LogP) is 1.66. The van der Waals surface area contributed by atoms with Gasteiger partial charge in [-0.05, 0) is 31.6 Å². The van der Waals surface area contributed by atoms with Crippen molar-refractivity contribution in [3.8, 4) is 0 Å². The molecule has 3 aliphatic rings. The Kier molecular flexibility index (Phi) is 0.885. The fourth-order valence-electron chi connectivity index (χ4n) is 3.18. The molecule has 3 rings (SSSR count). The maximum Gasteiger partial charge on any atom is 0.0260 e. The zero-order valence-corrected chi connectivity index (χ0v) is 7.14. The molecule has 1 spiro atoms. The van der Waals surface area contributed by atoms with Crippen LogP contribution in [0.1, 0.15) is 19.8 Å². The molecule has 3 unspecified atom stereocenters. The van der Waals surface area contributed by atoms with Gasteiger partial charge in [-0.3, -0.25) is 4.90 Å². The van der Waals surface area contributed by atoms with Crippen molar-refractivity contribution in [2.24, 2.45) is 11.8 Å². The van der Waals surface area contributed by atoms with Crippen LogP contribution in [0.25, 0.3) is 0 Å². The number of rotatable bonds is 1. The zero-order chi connectivity index (χ0) is 7.64. The Morgan fingerprint density at radius 3 is 2.73 bits per heavy atom. The van der Waals surface area contributed by atoms with Crippen LogP contribution in [0, 0.1) is 11.8 Å². The van der Waals surface area contributed by atoms with E-state index in [-0.39, 0.29) is 0 Å². The van der Waals surface area contributed by atoms with Crippen molar-refractivity contribution in [2.75, 3.05) is 13.1 Å². The second-order valence-corrected chi connectivity index (χ2v) is 4.56. The first-order valence-electron chi connectivity index (χ1n) is 4.64. The first-order valence-corrected chi connectivity index (χ1v) is 4.64. The molecule has 0 N–H and O–H groups in total. The average Bonchev–Trinajstić information content (AvgIpc) is 2.58. The van der Waals surface area contributed by atoms with Crippen molar-refractivity contribution in [1.82, 2.24) is 4.90 Å². The molecule has 1 aliphatic carbocycles. The maximum atomic E-state index is 4.08. The van der Waals surface area contributed by atoms with Crippen LogP contribution in [0.2, 0.25) is 0 Å². The molecular formula is C10H15N. The molecule has 0 bridgehead atoms. The van der Waals surface area contributed by atoms with E-state index in [0.717, 1.165) is 17.4 Å². The predicted molar refractivity (Wildman–Crippen MR) is 45.3 cm³/mol. The number of piperidine rings is 1. The molecule has 1 nitrogen and oxygen atoms in total. The molecule has 60 valence electrons. The number of hydrogen-bond acceptors (Lipinski definition) is 1. The summed E-state index contributed by atoms with van der Waals surface area (Å²) in [5.74, 6) is 1.85. The third-order valence-electron chi connectivity index (χ3n) is 4.08. The molecular weight excluding hydrogens is 134 g/mol. The van der Waals surface area contributed by atoms with Crippen molar-refractivity contribution < 1.29 is 0 Å². The van der Waals surface area contributed by atoms with Crippen LogP contribution in [0.15, 0.2) is 12.2 Å². The minimum Gasteiger partial charge on any atom is -0.297 e. The van der Waals surface area contributed by atoms with Gasteiger partial charge in [0.05, 0.1) is 0 Å². The monoisotopic (exact) mass is 149 g/mol.